The first-order chi connectivity index (χ1) is 32.0. The predicted octanol–water partition coefficient (Wildman–Crippen LogP) is 10.8. The van der Waals surface area contributed by atoms with Gasteiger partial charge in [-0.05, 0) is 71.8 Å². The number of pyridine rings is 4. The summed E-state index contributed by atoms with van der Waals surface area (Å²) in [6, 6.07) is 24.6. The van der Waals surface area contributed by atoms with E-state index in [9.17, 15) is 39.5 Å². The molecule has 2 N–H and O–H groups in total. The summed E-state index contributed by atoms with van der Waals surface area (Å²) in [4.78, 5) is 16.9. The largest absolute Gasteiger partial charge is 2.00 e. The average Bonchev–Trinajstić information content (AvgIpc) is 4.09. The second kappa shape index (κ2) is 28.9. The van der Waals surface area contributed by atoms with Gasteiger partial charge < -0.3 is 40.6 Å². The molecule has 0 aromatic carbocycles. The molecule has 398 valence electrons. The molecule has 0 aliphatic rings. The van der Waals surface area contributed by atoms with Gasteiger partial charge in [-0.15, -0.1) is 5.69 Å². The van der Waals surface area contributed by atoms with E-state index >= 15 is 0 Å². The normalized spacial score (nSPS) is 11.5. The van der Waals surface area contributed by atoms with E-state index in [4.69, 9.17) is 13.0 Å². The van der Waals surface area contributed by atoms with Crippen molar-refractivity contribution in [2.45, 2.75) is 110 Å². The summed E-state index contributed by atoms with van der Waals surface area (Å²) in [6.07, 6.45) is -0.246. The molecule has 0 fully saturated rings. The van der Waals surface area contributed by atoms with Gasteiger partial charge in [0, 0.05) is 23.5 Å². The number of alkyl halides is 9. The van der Waals surface area contributed by atoms with Gasteiger partial charge in [-0.25, -0.2) is 18.4 Å². The van der Waals surface area contributed by atoms with Crippen molar-refractivity contribution in [2.24, 2.45) is 0 Å². The molecule has 7 aromatic rings. The Bertz CT molecular complexity index is 2580. The van der Waals surface area contributed by atoms with E-state index in [2.05, 4.69) is 112 Å². The maximum absolute atomic E-state index is 12.5. The molecule has 0 radical (unpaired) electrons. The summed E-state index contributed by atoms with van der Waals surface area (Å²) in [7, 11) is -6.09. The van der Waals surface area contributed by atoms with Crippen LogP contribution in [0.3, 0.4) is 0 Å². The minimum Gasteiger partial charge on any atom is -0.741 e. The molecule has 0 aliphatic carbocycles. The van der Waals surface area contributed by atoms with Crippen molar-refractivity contribution in [2.75, 3.05) is 0 Å². The first kappa shape index (κ1) is 66.8. The van der Waals surface area contributed by atoms with E-state index in [0.717, 1.165) is 23.5 Å². The molecule has 0 atom stereocenters. The van der Waals surface area contributed by atoms with E-state index in [1.807, 2.05) is 0 Å². The van der Waals surface area contributed by atoms with Crippen LogP contribution in [0.25, 0.3) is 45.6 Å². The second-order valence-corrected chi connectivity index (χ2v) is 18.1. The number of nitrogens with zero attached hydrogens (tertiary/aromatic N) is 10. The van der Waals surface area contributed by atoms with Gasteiger partial charge in [-0.2, -0.15) is 39.5 Å². The van der Waals surface area contributed by atoms with Crippen LogP contribution in [0, 0.1) is 0 Å². The molecule has 0 bridgehead atoms. The fourth-order valence-corrected chi connectivity index (χ4v) is 5.11. The zero-order valence-corrected chi connectivity index (χ0v) is 45.1. The Morgan fingerprint density at radius 2 is 0.917 bits per heavy atom. The summed E-state index contributed by atoms with van der Waals surface area (Å²) >= 11 is 0. The van der Waals surface area contributed by atoms with Crippen LogP contribution in [-0.2, 0) is 75.4 Å². The van der Waals surface area contributed by atoms with Gasteiger partial charge in [0.05, 0.1) is 39.9 Å². The Morgan fingerprint density at radius 3 is 1.25 bits per heavy atom. The molecule has 0 aliphatic heterocycles. The summed E-state index contributed by atoms with van der Waals surface area (Å²) < 4.78 is 134. The third-order valence-electron chi connectivity index (χ3n) is 8.85. The van der Waals surface area contributed by atoms with Crippen LogP contribution in [0.15, 0.2) is 103 Å². The van der Waals surface area contributed by atoms with Crippen LogP contribution in [0.5, 0.6) is 0 Å². The first-order valence-electron chi connectivity index (χ1n) is 20.9. The van der Waals surface area contributed by atoms with Crippen LogP contribution in [0.1, 0.15) is 104 Å². The molecule has 0 spiro atoms. The average molecular weight is 1400 g/mol. The Balaban J connectivity index is 0.000000928. The van der Waals surface area contributed by atoms with E-state index in [0.29, 0.717) is 34.2 Å². The van der Waals surface area contributed by atoms with Gasteiger partial charge in [-0.1, -0.05) is 117 Å². The van der Waals surface area contributed by atoms with Gasteiger partial charge >= 0.3 is 60.0 Å². The number of hydrogen-bond donors (Lipinski definition) is 0. The molecule has 0 unspecified atom stereocenters. The third kappa shape index (κ3) is 21.9. The number of halogens is 9. The van der Waals surface area contributed by atoms with Crippen LogP contribution in [0.2, 0.25) is 0 Å². The van der Waals surface area contributed by atoms with E-state index in [1.54, 1.807) is 85.2 Å². The van der Waals surface area contributed by atoms with Gasteiger partial charge in [0.2, 0.25) is 0 Å². The maximum Gasteiger partial charge on any atom is 2.00 e. The van der Waals surface area contributed by atoms with E-state index in [-0.39, 0.29) is 69.8 Å². The first-order valence-corrected chi connectivity index (χ1v) is 22.3. The molecule has 0 amide bonds. The fourth-order valence-electron chi connectivity index (χ4n) is 5.11. The molecule has 26 heteroatoms. The Kier molecular flexibility index (Phi) is 26.9. The fraction of sp³-hybridized carbons (Fsp3) is 0.370. The molecule has 72 heavy (non-hydrogen) atoms. The summed E-state index contributed by atoms with van der Waals surface area (Å²) in [5.41, 5.74) is -2.12. The SMILES string of the molecule is CC(C)(C)c1cc(C(C)(C)C)[n-]n1.CCCCCC.FC(F)(F)c1cc(-c2cccc(-c3ccccn3)n2)[n-]n1.FC(F)(F)c1cc(-c2cccc(-c3ccccn3)n2)n[n-]1.O.O=S(=O)([O-])C(F)(F)F.[Pt+2].[Pt+2]. The second-order valence-electron chi connectivity index (χ2n) is 16.7. The monoisotopic (exact) mass is 1400 g/mol. The van der Waals surface area contributed by atoms with Crippen molar-refractivity contribution in [3.05, 3.63) is 126 Å². The Hall–Kier alpha value is -5.15. The molecule has 7 rings (SSSR count). The molecule has 7 heterocycles. The minimum atomic E-state index is -6.09. The topological polar surface area (TPSA) is 221 Å². The number of hydrogen-bond acceptors (Lipinski definition) is 10. The van der Waals surface area contributed by atoms with Crippen LogP contribution >= 0.6 is 0 Å². The molecular formula is C46H51F9N10O4Pt2S. The molecule has 7 aromatic heterocycles. The quantitative estimate of drug-likeness (QED) is 0.0628. The van der Waals surface area contributed by atoms with Gasteiger partial charge in [-0.3, -0.25) is 9.97 Å². The molecule has 0 saturated heterocycles. The Morgan fingerprint density at radius 1 is 0.500 bits per heavy atom. The van der Waals surface area contributed by atoms with Crippen LogP contribution in [-0.4, -0.2) is 59.2 Å². The molecular weight excluding hydrogens is 1350 g/mol. The van der Waals surface area contributed by atoms with Gasteiger partial charge in [0.25, 0.3) is 0 Å². The third-order valence-corrected chi connectivity index (χ3v) is 9.42. The molecule has 14 nitrogen and oxygen atoms in total. The zero-order valence-electron chi connectivity index (χ0n) is 39.8. The van der Waals surface area contributed by atoms with Gasteiger partial charge in [0.1, 0.15) is 5.69 Å². The minimum absolute atomic E-state index is 0. The summed E-state index contributed by atoms with van der Waals surface area (Å²) in [5.74, 6) is 0. The van der Waals surface area contributed by atoms with E-state index in [1.165, 1.54) is 25.7 Å². The smallest absolute Gasteiger partial charge is 0.741 e. The van der Waals surface area contributed by atoms with Crippen LogP contribution in [0.4, 0.5) is 39.5 Å². The Labute approximate surface area is 439 Å². The van der Waals surface area contributed by atoms with Crippen molar-refractivity contribution < 1.29 is 100 Å². The standard InChI is InChI=1S/2C14H8F3N4.C11H19N2.C6H14.CHF3O3S.H2O.2Pt/c2*15-14(16,17)13-8-12(20-21-13)11-6-3-5-10(19-11)9-4-1-2-7-18-9;1-10(2,3)8-7-9(13-12-8)11(4,5)6;1-3-5-6-4-2;2-1(3,4)8(5,6)7;;;/h2*1-8H;7H,1-6H3;3-6H2,1-2H3;(H,5,6,7);1H2;;/q3*-1;;;;2*+2/p-1. The van der Waals surface area contributed by atoms with Crippen molar-refractivity contribution in [1.82, 2.24) is 50.5 Å². The predicted molar refractivity (Wildman–Crippen MR) is 242 cm³/mol. The number of unbranched alkanes of at least 4 members (excludes halogenated alkanes) is 3. The van der Waals surface area contributed by atoms with Crippen molar-refractivity contribution in [1.29, 1.82) is 0 Å². The van der Waals surface area contributed by atoms with Crippen molar-refractivity contribution in [3.63, 3.8) is 0 Å². The van der Waals surface area contributed by atoms with Crippen LogP contribution < -0.4 is 15.3 Å². The number of rotatable bonds is 7. The van der Waals surface area contributed by atoms with E-state index < -0.39 is 39.4 Å². The molecule has 0 saturated carbocycles. The summed E-state index contributed by atoms with van der Waals surface area (Å²) in [6.45, 7) is 17.4. The zero-order chi connectivity index (χ0) is 51.8. The summed E-state index contributed by atoms with van der Waals surface area (Å²) in [5, 5.41) is 21.7. The number of aromatic nitrogens is 10. The van der Waals surface area contributed by atoms with Crippen molar-refractivity contribution >= 4 is 10.1 Å². The van der Waals surface area contributed by atoms with Crippen molar-refractivity contribution in [3.8, 4) is 45.6 Å². The maximum atomic E-state index is 12.5. The van der Waals surface area contributed by atoms with Gasteiger partial charge in [0.15, 0.2) is 10.1 Å².